The Morgan fingerprint density at radius 3 is 2.50 bits per heavy atom. The Hall–Kier alpha value is -1.30. The van der Waals surface area contributed by atoms with Crippen molar-refractivity contribution >= 4 is 15.9 Å². The molecule has 0 aliphatic rings. The van der Waals surface area contributed by atoms with E-state index in [0.29, 0.717) is 11.5 Å². The molecule has 0 N–H and O–H groups in total. The Labute approximate surface area is 114 Å². The molecule has 1 heterocycles. The van der Waals surface area contributed by atoms with Crippen LogP contribution >= 0.6 is 15.9 Å². The topological polar surface area (TPSA) is 44.2 Å². The van der Waals surface area contributed by atoms with Gasteiger partial charge in [-0.3, -0.25) is 0 Å². The van der Waals surface area contributed by atoms with Gasteiger partial charge >= 0.3 is 0 Å². The summed E-state index contributed by atoms with van der Waals surface area (Å²) in [7, 11) is 3.16. The fourth-order valence-corrected chi connectivity index (χ4v) is 2.08. The Morgan fingerprint density at radius 2 is 1.83 bits per heavy atom. The average Bonchev–Trinajstić information content (AvgIpc) is 2.41. The second-order valence-electron chi connectivity index (χ2n) is 3.59. The van der Waals surface area contributed by atoms with Crippen LogP contribution in [0.1, 0.15) is 12.0 Å². The molecule has 4 nitrogen and oxygen atoms in total. The smallest absolute Gasteiger partial charge is 0.200 e. The van der Waals surface area contributed by atoms with Gasteiger partial charge in [-0.2, -0.15) is 0 Å². The van der Waals surface area contributed by atoms with Crippen LogP contribution in [0.4, 0.5) is 0 Å². The molecule has 0 spiro atoms. The monoisotopic (exact) mass is 308 g/mol. The molecule has 0 fully saturated rings. The van der Waals surface area contributed by atoms with E-state index < -0.39 is 6.29 Å². The summed E-state index contributed by atoms with van der Waals surface area (Å²) in [6.07, 6.45) is 1.22. The molecule has 5 heteroatoms. The number of methoxy groups -OCH3 is 2. The molecule has 0 unspecified atom stereocenters. The van der Waals surface area contributed by atoms with Gasteiger partial charge < -0.3 is 9.47 Å². The van der Waals surface area contributed by atoms with E-state index in [4.69, 9.17) is 9.47 Å². The number of hydrogen-bond donors (Lipinski definition) is 0. The van der Waals surface area contributed by atoms with Gasteiger partial charge in [-0.25, -0.2) is 9.97 Å². The quantitative estimate of drug-likeness (QED) is 0.814. The maximum absolute atomic E-state index is 5.18. The Morgan fingerprint density at radius 1 is 1.11 bits per heavy atom. The first-order valence-electron chi connectivity index (χ1n) is 5.39. The third kappa shape index (κ3) is 2.75. The lowest BCUT2D eigenvalue weighted by Gasteiger charge is -2.13. The third-order valence-corrected chi connectivity index (χ3v) is 3.15. The molecule has 1 aromatic heterocycles. The van der Waals surface area contributed by atoms with Gasteiger partial charge in [0.2, 0.25) is 6.29 Å². The van der Waals surface area contributed by atoms with Crippen LogP contribution in [0.3, 0.4) is 0 Å². The molecule has 2 aromatic rings. The van der Waals surface area contributed by atoms with Crippen molar-refractivity contribution < 1.29 is 9.47 Å². The van der Waals surface area contributed by atoms with Crippen molar-refractivity contribution in [2.75, 3.05) is 14.2 Å². The van der Waals surface area contributed by atoms with E-state index in [1.165, 1.54) is 0 Å². The summed E-state index contributed by atoms with van der Waals surface area (Å²) in [5.74, 6) is 0.638. The lowest BCUT2D eigenvalue weighted by Crippen LogP contribution is -2.07. The molecule has 0 aliphatic carbocycles. The number of ether oxygens (including phenoxy) is 2. The van der Waals surface area contributed by atoms with Crippen LogP contribution in [-0.4, -0.2) is 24.2 Å². The molecule has 0 amide bonds. The largest absolute Gasteiger partial charge is 0.350 e. The van der Waals surface area contributed by atoms with Crippen LogP contribution < -0.4 is 0 Å². The molecule has 0 saturated heterocycles. The molecule has 18 heavy (non-hydrogen) atoms. The number of benzene rings is 1. The molecular formula is C13H13BrN2O2. The van der Waals surface area contributed by atoms with Gasteiger partial charge in [0.05, 0.1) is 0 Å². The molecule has 0 saturated carbocycles. The minimum Gasteiger partial charge on any atom is -0.350 e. The van der Waals surface area contributed by atoms with Crippen LogP contribution in [0, 0.1) is 0 Å². The SMILES string of the molecule is COC(OC)c1ccnc(-c2ccccc2Br)n1. The van der Waals surface area contributed by atoms with E-state index in [2.05, 4.69) is 25.9 Å². The first-order valence-corrected chi connectivity index (χ1v) is 6.19. The van der Waals surface area contributed by atoms with Crippen LogP contribution in [0.15, 0.2) is 41.0 Å². The van der Waals surface area contributed by atoms with Crippen LogP contribution in [0.25, 0.3) is 11.4 Å². The van der Waals surface area contributed by atoms with E-state index in [1.807, 2.05) is 24.3 Å². The summed E-state index contributed by atoms with van der Waals surface area (Å²) >= 11 is 3.49. The van der Waals surface area contributed by atoms with Gasteiger partial charge in [0.1, 0.15) is 5.69 Å². The maximum atomic E-state index is 5.18. The van der Waals surface area contributed by atoms with Crippen molar-refractivity contribution in [3.8, 4) is 11.4 Å². The van der Waals surface area contributed by atoms with Gasteiger partial charge in [-0.15, -0.1) is 0 Å². The number of halogens is 1. The van der Waals surface area contributed by atoms with Crippen molar-refractivity contribution in [3.05, 3.63) is 46.7 Å². The summed E-state index contributed by atoms with van der Waals surface area (Å²) in [5.41, 5.74) is 1.63. The number of hydrogen-bond acceptors (Lipinski definition) is 4. The standard InChI is InChI=1S/C13H13BrN2O2/c1-17-13(18-2)11-7-8-15-12(16-11)9-5-3-4-6-10(9)14/h3-8,13H,1-2H3. The first kappa shape index (κ1) is 13.1. The fraction of sp³-hybridized carbons (Fsp3) is 0.231. The highest BCUT2D eigenvalue weighted by Gasteiger charge is 2.13. The van der Waals surface area contributed by atoms with Crippen LogP contribution in [-0.2, 0) is 9.47 Å². The summed E-state index contributed by atoms with van der Waals surface area (Å²) in [5, 5.41) is 0. The van der Waals surface area contributed by atoms with Gasteiger partial charge in [0, 0.05) is 30.5 Å². The molecule has 0 aliphatic heterocycles. The van der Waals surface area contributed by atoms with Crippen LogP contribution in [0.2, 0.25) is 0 Å². The lowest BCUT2D eigenvalue weighted by molar-refractivity contribution is -0.108. The molecule has 0 bridgehead atoms. The summed E-state index contributed by atoms with van der Waals surface area (Å²) in [6.45, 7) is 0. The highest BCUT2D eigenvalue weighted by molar-refractivity contribution is 9.10. The molecule has 0 radical (unpaired) electrons. The zero-order chi connectivity index (χ0) is 13.0. The van der Waals surface area contributed by atoms with Gasteiger partial charge in [-0.1, -0.05) is 34.1 Å². The average molecular weight is 309 g/mol. The van der Waals surface area contributed by atoms with Gasteiger partial charge in [0.15, 0.2) is 5.82 Å². The van der Waals surface area contributed by atoms with E-state index in [0.717, 1.165) is 10.0 Å². The molecule has 94 valence electrons. The van der Waals surface area contributed by atoms with E-state index in [1.54, 1.807) is 26.5 Å². The Kier molecular flexibility index (Phi) is 4.41. The van der Waals surface area contributed by atoms with Gasteiger partial charge in [0.25, 0.3) is 0 Å². The fourth-order valence-electron chi connectivity index (χ4n) is 1.61. The second-order valence-corrected chi connectivity index (χ2v) is 4.44. The highest BCUT2D eigenvalue weighted by Crippen LogP contribution is 2.26. The summed E-state index contributed by atoms with van der Waals surface area (Å²) in [4.78, 5) is 8.72. The number of nitrogens with zero attached hydrogens (tertiary/aromatic N) is 2. The number of rotatable bonds is 4. The summed E-state index contributed by atoms with van der Waals surface area (Å²) in [6, 6.07) is 9.58. The second kappa shape index (κ2) is 6.04. The first-order chi connectivity index (χ1) is 8.76. The van der Waals surface area contributed by atoms with E-state index in [-0.39, 0.29) is 0 Å². The Balaban J connectivity index is 2.42. The third-order valence-electron chi connectivity index (χ3n) is 2.46. The minimum atomic E-state index is -0.478. The van der Waals surface area contributed by atoms with Gasteiger partial charge in [-0.05, 0) is 12.1 Å². The van der Waals surface area contributed by atoms with E-state index >= 15 is 0 Å². The Bertz CT molecular complexity index is 530. The summed E-state index contributed by atoms with van der Waals surface area (Å²) < 4.78 is 11.3. The lowest BCUT2D eigenvalue weighted by atomic mass is 10.2. The highest BCUT2D eigenvalue weighted by atomic mass is 79.9. The normalized spacial score (nSPS) is 10.9. The zero-order valence-electron chi connectivity index (χ0n) is 10.1. The molecule has 2 rings (SSSR count). The van der Waals surface area contributed by atoms with Crippen molar-refractivity contribution in [1.82, 2.24) is 9.97 Å². The van der Waals surface area contributed by atoms with Crippen LogP contribution in [0.5, 0.6) is 0 Å². The predicted octanol–water partition coefficient (Wildman–Crippen LogP) is 3.20. The van der Waals surface area contributed by atoms with Crippen molar-refractivity contribution in [3.63, 3.8) is 0 Å². The van der Waals surface area contributed by atoms with Crippen molar-refractivity contribution in [2.24, 2.45) is 0 Å². The number of aromatic nitrogens is 2. The molecular weight excluding hydrogens is 296 g/mol. The molecule has 1 aromatic carbocycles. The maximum Gasteiger partial charge on any atom is 0.200 e. The van der Waals surface area contributed by atoms with Crippen molar-refractivity contribution in [2.45, 2.75) is 6.29 Å². The zero-order valence-corrected chi connectivity index (χ0v) is 11.7. The van der Waals surface area contributed by atoms with E-state index in [9.17, 15) is 0 Å². The molecule has 0 atom stereocenters. The predicted molar refractivity (Wildman–Crippen MR) is 71.9 cm³/mol. The minimum absolute atomic E-state index is 0.478. The van der Waals surface area contributed by atoms with Crippen molar-refractivity contribution in [1.29, 1.82) is 0 Å².